The van der Waals surface area contributed by atoms with Crippen molar-refractivity contribution in [2.45, 2.75) is 127 Å². The highest BCUT2D eigenvalue weighted by atomic mass is 32.2. The number of carboxylic acids is 1. The van der Waals surface area contributed by atoms with Crippen molar-refractivity contribution in [3.8, 4) is 0 Å². The molecule has 374 valence electrons. The van der Waals surface area contributed by atoms with Gasteiger partial charge in [-0.2, -0.15) is 0 Å². The molecular weight excluding hydrogens is 893 g/mol. The highest BCUT2D eigenvalue weighted by Crippen LogP contribution is 2.08. The first-order chi connectivity index (χ1) is 31.0. The molecule has 0 aliphatic carbocycles. The number of cyclic esters (lactones) is 2. The number of carboxylic acid groups (broad SMARTS) is 1. The van der Waals surface area contributed by atoms with Gasteiger partial charge >= 0.3 is 35.7 Å². The number of aromatic nitrogens is 2. The second-order valence-electron chi connectivity index (χ2n) is 17.0. The molecule has 3 amide bonds. The van der Waals surface area contributed by atoms with Gasteiger partial charge in [0.2, 0.25) is 5.91 Å². The van der Waals surface area contributed by atoms with Crippen molar-refractivity contribution in [3.63, 3.8) is 0 Å². The first-order valence-electron chi connectivity index (χ1n) is 21.4. The SMILES string of the molecule is CC(C)(C)OC(=O)NCCN.Cc1cc(C)n(CCNC(=O)CSCC(=O)O)c(=O)c1.Cc1cc(C)n(CCNC(=O)OC(C)(C)C)c(=O)c1.Cc1cc(C)oc(=O)c1.O=C1CCCC(=O)O1. The second-order valence-corrected chi connectivity index (χ2v) is 18.0. The average Bonchev–Trinajstić information content (AvgIpc) is 3.15. The summed E-state index contributed by atoms with van der Waals surface area (Å²) < 4.78 is 22.2. The number of thioether (sulfide) groups is 1. The van der Waals surface area contributed by atoms with Gasteiger partial charge in [-0.05, 0) is 124 Å². The van der Waals surface area contributed by atoms with E-state index in [0.29, 0.717) is 64.3 Å². The number of hydrogen-bond acceptors (Lipinski definition) is 15. The lowest BCUT2D eigenvalue weighted by Crippen LogP contribution is -2.35. The fraction of sp³-hybridized carbons (Fsp3) is 0.543. The molecule has 3 aromatic heterocycles. The highest BCUT2D eigenvalue weighted by molar-refractivity contribution is 8.00. The van der Waals surface area contributed by atoms with E-state index in [1.54, 1.807) is 49.0 Å². The van der Waals surface area contributed by atoms with Gasteiger partial charge in [0.25, 0.3) is 11.1 Å². The van der Waals surface area contributed by atoms with Crippen LogP contribution in [0.25, 0.3) is 0 Å². The van der Waals surface area contributed by atoms with Crippen molar-refractivity contribution in [1.29, 1.82) is 0 Å². The van der Waals surface area contributed by atoms with E-state index in [1.807, 2.05) is 73.6 Å². The molecule has 4 rings (SSSR count). The summed E-state index contributed by atoms with van der Waals surface area (Å²) in [5, 5.41) is 16.2. The van der Waals surface area contributed by atoms with Gasteiger partial charge in [0.05, 0.1) is 11.5 Å². The van der Waals surface area contributed by atoms with Gasteiger partial charge in [-0.3, -0.25) is 28.8 Å². The minimum Gasteiger partial charge on any atom is -0.481 e. The zero-order chi connectivity index (χ0) is 51.5. The van der Waals surface area contributed by atoms with Gasteiger partial charge in [0.1, 0.15) is 17.0 Å². The van der Waals surface area contributed by atoms with Crippen molar-refractivity contribution in [2.75, 3.05) is 37.7 Å². The van der Waals surface area contributed by atoms with E-state index in [4.69, 9.17) is 24.7 Å². The van der Waals surface area contributed by atoms with Crippen LogP contribution in [0.2, 0.25) is 0 Å². The summed E-state index contributed by atoms with van der Waals surface area (Å²) >= 11 is 1.04. The van der Waals surface area contributed by atoms with Gasteiger partial charge in [-0.25, -0.2) is 14.4 Å². The number of alkyl carbamates (subject to hydrolysis) is 2. The lowest BCUT2D eigenvalue weighted by Gasteiger charge is -2.20. The third kappa shape index (κ3) is 31.4. The standard InChI is InChI=1S/C14H22N2O3.C13H18N2O4S.C7H16N2O2.C7H8O2.C5H6O3/c1-10-8-11(2)16(12(17)9-10)7-6-15-13(18)19-14(3,4)5;1-9-5-10(2)15(12(17)6-9)4-3-14-11(16)7-20-8-13(18)19;1-7(2,3)11-6(10)9-5-4-8;1-5-3-6(2)9-7(8)4-5;6-4-2-1-3-5(7)8-4/h8-9H,6-7H2,1-5H3,(H,15,18);5-6H,3-4,7-8H2,1-2H3,(H,14,16)(H,18,19);4-5,8H2,1-3H3,(H,9,10);3-4H,1-2H3;1-3H2. The number of aliphatic carboxylic acids is 1. The van der Waals surface area contributed by atoms with Crippen LogP contribution < -0.4 is 38.4 Å². The summed E-state index contributed by atoms with van der Waals surface area (Å²) in [6.45, 7) is 24.4. The number of carbonyl (C=O) groups excluding carboxylic acids is 5. The number of ether oxygens (including phenoxy) is 3. The Morgan fingerprint density at radius 2 is 1.09 bits per heavy atom. The second kappa shape index (κ2) is 30.9. The van der Waals surface area contributed by atoms with E-state index in [9.17, 15) is 43.2 Å². The van der Waals surface area contributed by atoms with Gasteiger partial charge in [-0.15, -0.1) is 11.8 Å². The van der Waals surface area contributed by atoms with E-state index >= 15 is 0 Å². The first kappa shape index (κ1) is 60.8. The molecule has 0 unspecified atom stereocenters. The van der Waals surface area contributed by atoms with Crippen LogP contribution in [0.3, 0.4) is 0 Å². The normalized spacial score (nSPS) is 11.8. The molecule has 21 heteroatoms. The van der Waals surface area contributed by atoms with Crippen LogP contribution in [0.1, 0.15) is 94.6 Å². The van der Waals surface area contributed by atoms with Crippen LogP contribution in [0.15, 0.2) is 55.2 Å². The maximum Gasteiger partial charge on any atom is 0.407 e. The van der Waals surface area contributed by atoms with E-state index in [-0.39, 0.29) is 46.1 Å². The Hall–Kier alpha value is -6.22. The molecule has 4 heterocycles. The van der Waals surface area contributed by atoms with Gasteiger partial charge < -0.3 is 54.6 Å². The third-order valence-corrected chi connectivity index (χ3v) is 8.84. The molecule has 0 spiro atoms. The Labute approximate surface area is 395 Å². The topological polar surface area (TPSA) is 287 Å². The van der Waals surface area contributed by atoms with Crippen LogP contribution in [-0.4, -0.2) is 99.1 Å². The Kier molecular flexibility index (Phi) is 28.0. The van der Waals surface area contributed by atoms with E-state index in [2.05, 4.69) is 20.7 Å². The number of pyridine rings is 2. The Morgan fingerprint density at radius 1 is 0.657 bits per heavy atom. The van der Waals surface area contributed by atoms with E-state index in [1.165, 1.54) is 6.07 Å². The number of nitrogens with two attached hydrogens (primary N) is 1. The number of hydrogen-bond donors (Lipinski definition) is 5. The number of esters is 2. The average molecular weight is 963 g/mol. The predicted octanol–water partition coefficient (Wildman–Crippen LogP) is 4.36. The van der Waals surface area contributed by atoms with Crippen molar-refractivity contribution in [2.24, 2.45) is 5.73 Å². The van der Waals surface area contributed by atoms with Crippen LogP contribution >= 0.6 is 11.8 Å². The van der Waals surface area contributed by atoms with Crippen LogP contribution in [0, 0.1) is 41.5 Å². The summed E-state index contributed by atoms with van der Waals surface area (Å²) in [6, 6.07) is 10.3. The number of nitrogens with zero attached hydrogens (tertiary/aromatic N) is 2. The molecule has 20 nitrogen and oxygen atoms in total. The summed E-state index contributed by atoms with van der Waals surface area (Å²) in [7, 11) is 0. The molecule has 1 fully saturated rings. The first-order valence-corrected chi connectivity index (χ1v) is 22.5. The zero-order valence-corrected chi connectivity index (χ0v) is 41.7. The summed E-state index contributed by atoms with van der Waals surface area (Å²) in [4.78, 5) is 98.6. The molecule has 1 aliphatic heterocycles. The minimum atomic E-state index is -0.940. The van der Waals surface area contributed by atoms with Crippen LogP contribution in [0.5, 0.6) is 0 Å². The molecular formula is C46H70N6O14S. The summed E-state index contributed by atoms with van der Waals surface area (Å²) in [5.74, 6) is -1.26. The Bertz CT molecular complexity index is 2240. The maximum absolute atomic E-state index is 11.8. The summed E-state index contributed by atoms with van der Waals surface area (Å²) in [6.07, 6.45) is 0.558. The number of aryl methyl sites for hydroxylation is 6. The van der Waals surface area contributed by atoms with Gasteiger partial charge in [-0.1, -0.05) is 0 Å². The highest BCUT2D eigenvalue weighted by Gasteiger charge is 2.17. The monoisotopic (exact) mass is 962 g/mol. The Morgan fingerprint density at radius 3 is 1.45 bits per heavy atom. The van der Waals surface area contributed by atoms with Crippen LogP contribution in [0.4, 0.5) is 9.59 Å². The fourth-order valence-electron chi connectivity index (χ4n) is 5.40. The quantitative estimate of drug-likeness (QED) is 0.0958. The molecule has 0 bridgehead atoms. The van der Waals surface area contributed by atoms with Crippen molar-refractivity contribution in [1.82, 2.24) is 25.1 Å². The predicted molar refractivity (Wildman–Crippen MR) is 255 cm³/mol. The minimum absolute atomic E-state index is 0.0523. The molecule has 6 N–H and O–H groups in total. The molecule has 0 saturated carbocycles. The zero-order valence-electron chi connectivity index (χ0n) is 40.9. The lowest BCUT2D eigenvalue weighted by atomic mass is 10.2. The molecule has 67 heavy (non-hydrogen) atoms. The molecule has 0 aromatic carbocycles. The molecule has 1 aliphatic rings. The fourth-order valence-corrected chi connectivity index (χ4v) is 5.96. The molecule has 0 atom stereocenters. The molecule has 3 aromatic rings. The Balaban J connectivity index is 0.000000852. The van der Waals surface area contributed by atoms with Gasteiger partial charge in [0, 0.05) is 81.7 Å². The third-order valence-electron chi connectivity index (χ3n) is 7.92. The summed E-state index contributed by atoms with van der Waals surface area (Å²) in [5.41, 5.74) is 8.36. The number of carbonyl (C=O) groups is 6. The van der Waals surface area contributed by atoms with Crippen LogP contribution in [-0.2, 0) is 46.5 Å². The van der Waals surface area contributed by atoms with Crippen molar-refractivity contribution < 1.29 is 52.5 Å². The number of rotatable bonds is 12. The maximum atomic E-state index is 11.8. The van der Waals surface area contributed by atoms with Crippen molar-refractivity contribution in [3.05, 3.63) is 101 Å². The number of nitrogens with one attached hydrogen (secondary N) is 3. The largest absolute Gasteiger partial charge is 0.481 e. The lowest BCUT2D eigenvalue weighted by molar-refractivity contribution is -0.163. The van der Waals surface area contributed by atoms with Crippen molar-refractivity contribution >= 4 is 47.8 Å². The van der Waals surface area contributed by atoms with E-state index < -0.39 is 29.4 Å². The molecule has 0 radical (unpaired) electrons. The molecule has 1 saturated heterocycles. The van der Waals surface area contributed by atoms with E-state index in [0.717, 1.165) is 39.8 Å². The number of amides is 3. The van der Waals surface area contributed by atoms with Gasteiger partial charge in [0.15, 0.2) is 0 Å². The smallest absolute Gasteiger partial charge is 0.407 e.